The molecular weight excluding hydrogens is 232 g/mol. The number of carbonyl (C=O) groups excluding carboxylic acids is 1. The number of carbonyl (C=O) groups is 1. The van der Waals surface area contributed by atoms with Crippen LogP contribution in [0.4, 0.5) is 0 Å². The van der Waals surface area contributed by atoms with Gasteiger partial charge in [-0.3, -0.25) is 10.1 Å². The maximum atomic E-state index is 12.0. The van der Waals surface area contributed by atoms with Crippen molar-refractivity contribution in [3.05, 3.63) is 0 Å². The summed E-state index contributed by atoms with van der Waals surface area (Å²) in [7, 11) is 0. The summed E-state index contributed by atoms with van der Waals surface area (Å²) in [6.45, 7) is 7.30. The molecular formula is C13H26N2OS. The minimum atomic E-state index is -0.000648. The SMILES string of the molecule is CSCCCCN1C(=O)C(C)NC1CC(C)C. The largest absolute Gasteiger partial charge is 0.326 e. The van der Waals surface area contributed by atoms with Crippen LogP contribution >= 0.6 is 11.8 Å². The summed E-state index contributed by atoms with van der Waals surface area (Å²) in [6, 6.07) is -0.000648. The van der Waals surface area contributed by atoms with Crippen LogP contribution in [0, 0.1) is 5.92 Å². The van der Waals surface area contributed by atoms with Crippen LogP contribution in [-0.2, 0) is 4.79 Å². The molecule has 0 aromatic rings. The maximum Gasteiger partial charge on any atom is 0.240 e. The second-order valence-corrected chi connectivity index (χ2v) is 6.25. The van der Waals surface area contributed by atoms with Crippen LogP contribution in [0.2, 0.25) is 0 Å². The lowest BCUT2D eigenvalue weighted by Gasteiger charge is -2.25. The van der Waals surface area contributed by atoms with Gasteiger partial charge in [0.2, 0.25) is 5.91 Å². The van der Waals surface area contributed by atoms with E-state index in [9.17, 15) is 4.79 Å². The second-order valence-electron chi connectivity index (χ2n) is 5.27. The molecule has 1 aliphatic rings. The molecule has 1 rings (SSSR count). The van der Waals surface area contributed by atoms with Gasteiger partial charge in [0.15, 0.2) is 0 Å². The zero-order valence-electron chi connectivity index (χ0n) is 11.5. The molecule has 0 spiro atoms. The molecule has 0 saturated carbocycles. The van der Waals surface area contributed by atoms with Crippen molar-refractivity contribution in [1.29, 1.82) is 0 Å². The van der Waals surface area contributed by atoms with Crippen LogP contribution in [0.25, 0.3) is 0 Å². The van der Waals surface area contributed by atoms with E-state index in [0.29, 0.717) is 5.92 Å². The van der Waals surface area contributed by atoms with E-state index in [1.165, 1.54) is 12.2 Å². The van der Waals surface area contributed by atoms with Gasteiger partial charge >= 0.3 is 0 Å². The Hall–Kier alpha value is -0.220. The number of unbranched alkanes of at least 4 members (excludes halogenated alkanes) is 1. The average Bonchev–Trinajstić information content (AvgIpc) is 2.50. The fourth-order valence-corrected chi connectivity index (χ4v) is 2.78. The third-order valence-corrected chi connectivity index (χ3v) is 3.86. The number of nitrogens with zero attached hydrogens (tertiary/aromatic N) is 1. The van der Waals surface area contributed by atoms with Crippen LogP contribution in [0.5, 0.6) is 0 Å². The summed E-state index contributed by atoms with van der Waals surface area (Å²) >= 11 is 1.88. The van der Waals surface area contributed by atoms with Gasteiger partial charge in [0.1, 0.15) is 0 Å². The highest BCUT2D eigenvalue weighted by atomic mass is 32.2. The first-order valence-electron chi connectivity index (χ1n) is 6.61. The predicted molar refractivity (Wildman–Crippen MR) is 75.2 cm³/mol. The standard InChI is InChI=1S/C13H26N2OS/c1-10(2)9-12-14-11(3)13(16)15(12)7-5-6-8-17-4/h10-12,14H,5-9H2,1-4H3. The molecule has 17 heavy (non-hydrogen) atoms. The zero-order valence-corrected chi connectivity index (χ0v) is 12.3. The number of rotatable bonds is 7. The maximum absolute atomic E-state index is 12.0. The van der Waals surface area contributed by atoms with Crippen LogP contribution in [0.3, 0.4) is 0 Å². The quantitative estimate of drug-likeness (QED) is 0.711. The molecule has 0 radical (unpaired) electrons. The lowest BCUT2D eigenvalue weighted by Crippen LogP contribution is -2.39. The van der Waals surface area contributed by atoms with Gasteiger partial charge in [-0.1, -0.05) is 13.8 Å². The number of amides is 1. The van der Waals surface area contributed by atoms with E-state index < -0.39 is 0 Å². The number of hydrogen-bond acceptors (Lipinski definition) is 3. The molecule has 4 heteroatoms. The Morgan fingerprint density at radius 3 is 2.71 bits per heavy atom. The third-order valence-electron chi connectivity index (χ3n) is 3.16. The lowest BCUT2D eigenvalue weighted by atomic mass is 10.1. The Morgan fingerprint density at radius 1 is 1.41 bits per heavy atom. The van der Waals surface area contributed by atoms with Gasteiger partial charge < -0.3 is 4.90 Å². The summed E-state index contributed by atoms with van der Waals surface area (Å²) in [5, 5.41) is 3.40. The van der Waals surface area contributed by atoms with Gasteiger partial charge in [0.25, 0.3) is 0 Å². The van der Waals surface area contributed by atoms with Crippen molar-refractivity contribution in [1.82, 2.24) is 10.2 Å². The monoisotopic (exact) mass is 258 g/mol. The van der Waals surface area contributed by atoms with Crippen molar-refractivity contribution in [2.75, 3.05) is 18.6 Å². The highest BCUT2D eigenvalue weighted by Gasteiger charge is 2.35. The van der Waals surface area contributed by atoms with Gasteiger partial charge in [-0.25, -0.2) is 0 Å². The van der Waals surface area contributed by atoms with Crippen molar-refractivity contribution in [3.63, 3.8) is 0 Å². The van der Waals surface area contributed by atoms with E-state index >= 15 is 0 Å². The Bertz CT molecular complexity index is 246. The summed E-state index contributed by atoms with van der Waals surface area (Å²) in [6.07, 6.45) is 5.76. The van der Waals surface area contributed by atoms with Crippen LogP contribution < -0.4 is 5.32 Å². The Labute approximate surface area is 110 Å². The van der Waals surface area contributed by atoms with E-state index in [-0.39, 0.29) is 18.1 Å². The van der Waals surface area contributed by atoms with Gasteiger partial charge in [0, 0.05) is 6.54 Å². The van der Waals surface area contributed by atoms with Crippen molar-refractivity contribution in [2.24, 2.45) is 5.92 Å². The lowest BCUT2D eigenvalue weighted by molar-refractivity contribution is -0.129. The molecule has 3 nitrogen and oxygen atoms in total. The first-order valence-corrected chi connectivity index (χ1v) is 8.01. The topological polar surface area (TPSA) is 32.3 Å². The number of thioether (sulfide) groups is 1. The highest BCUT2D eigenvalue weighted by molar-refractivity contribution is 7.98. The van der Waals surface area contributed by atoms with Crippen molar-refractivity contribution in [3.8, 4) is 0 Å². The third kappa shape index (κ3) is 4.51. The van der Waals surface area contributed by atoms with Gasteiger partial charge in [-0.15, -0.1) is 0 Å². The van der Waals surface area contributed by atoms with E-state index in [1.54, 1.807) is 0 Å². The minimum Gasteiger partial charge on any atom is -0.326 e. The molecule has 1 heterocycles. The van der Waals surface area contributed by atoms with E-state index in [4.69, 9.17) is 0 Å². The first kappa shape index (κ1) is 14.8. The molecule has 1 fully saturated rings. The van der Waals surface area contributed by atoms with Crippen molar-refractivity contribution >= 4 is 17.7 Å². The summed E-state index contributed by atoms with van der Waals surface area (Å²) in [5.74, 6) is 2.10. The molecule has 0 aromatic heterocycles. The van der Waals surface area contributed by atoms with Crippen LogP contribution in [0.1, 0.15) is 40.0 Å². The normalized spacial score (nSPS) is 25.0. The molecule has 1 amide bonds. The Morgan fingerprint density at radius 2 is 2.12 bits per heavy atom. The molecule has 1 N–H and O–H groups in total. The number of hydrogen-bond donors (Lipinski definition) is 1. The molecule has 2 unspecified atom stereocenters. The molecule has 0 aromatic carbocycles. The summed E-state index contributed by atoms with van der Waals surface area (Å²) in [4.78, 5) is 14.1. The van der Waals surface area contributed by atoms with Gasteiger partial charge in [-0.2, -0.15) is 11.8 Å². The van der Waals surface area contributed by atoms with E-state index in [2.05, 4.69) is 25.4 Å². The smallest absolute Gasteiger partial charge is 0.240 e. The first-order chi connectivity index (χ1) is 8.06. The molecule has 100 valence electrons. The van der Waals surface area contributed by atoms with Crippen LogP contribution in [0.15, 0.2) is 0 Å². The summed E-state index contributed by atoms with van der Waals surface area (Å²) in [5.41, 5.74) is 0. The molecule has 1 saturated heterocycles. The van der Waals surface area contributed by atoms with Gasteiger partial charge in [0.05, 0.1) is 12.2 Å². The fourth-order valence-electron chi connectivity index (χ4n) is 2.29. The second kappa shape index (κ2) is 7.27. The predicted octanol–water partition coefficient (Wildman–Crippen LogP) is 2.32. The van der Waals surface area contributed by atoms with Crippen molar-refractivity contribution < 1.29 is 4.79 Å². The Kier molecular flexibility index (Phi) is 6.34. The van der Waals surface area contributed by atoms with Crippen LogP contribution in [-0.4, -0.2) is 41.6 Å². The molecule has 2 atom stereocenters. The fraction of sp³-hybridized carbons (Fsp3) is 0.923. The van der Waals surface area contributed by atoms with Gasteiger partial charge in [-0.05, 0) is 44.1 Å². The number of nitrogens with one attached hydrogen (secondary N) is 1. The van der Waals surface area contributed by atoms with E-state index in [0.717, 1.165) is 19.4 Å². The molecule has 1 aliphatic heterocycles. The zero-order chi connectivity index (χ0) is 12.8. The molecule has 0 bridgehead atoms. The molecule has 0 aliphatic carbocycles. The minimum absolute atomic E-state index is 0.000648. The van der Waals surface area contributed by atoms with E-state index in [1.807, 2.05) is 23.6 Å². The highest BCUT2D eigenvalue weighted by Crippen LogP contribution is 2.18. The average molecular weight is 258 g/mol. The van der Waals surface area contributed by atoms with Crippen molar-refractivity contribution in [2.45, 2.75) is 52.2 Å². The Balaban J connectivity index is 2.43. The summed E-state index contributed by atoms with van der Waals surface area (Å²) < 4.78 is 0.